The van der Waals surface area contributed by atoms with E-state index < -0.39 is 7.12 Å². The minimum atomic E-state index is -1.42. The quantitative estimate of drug-likeness (QED) is 0.555. The van der Waals surface area contributed by atoms with Gasteiger partial charge < -0.3 is 19.5 Å². The highest BCUT2D eigenvalue weighted by atomic mass is 16.8. The molecule has 120 valence electrons. The second-order valence-electron chi connectivity index (χ2n) is 7.23. The third kappa shape index (κ3) is 3.36. The molecule has 1 heterocycles. The van der Waals surface area contributed by atoms with Crippen LogP contribution in [-0.4, -0.2) is 35.3 Å². The van der Waals surface area contributed by atoms with Crippen LogP contribution >= 0.6 is 0 Å². The standard InChI is InChI=1S/C16H24BNO4/c1-15(2,3)22-14-13(21-14)18-16(9-4-10-16)11-5-7-12(8-6-11)17(19)20/h5-8,13-14,18-20H,4,9-10H2,1-3H3. The highest BCUT2D eigenvalue weighted by Crippen LogP contribution is 2.43. The Kier molecular flexibility index (Phi) is 4.08. The summed E-state index contributed by atoms with van der Waals surface area (Å²) in [6.07, 6.45) is 3.03. The zero-order valence-corrected chi connectivity index (χ0v) is 13.4. The minimum Gasteiger partial charge on any atom is -0.423 e. The summed E-state index contributed by atoms with van der Waals surface area (Å²) in [5.41, 5.74) is 1.37. The van der Waals surface area contributed by atoms with Gasteiger partial charge in [-0.1, -0.05) is 24.3 Å². The Morgan fingerprint density at radius 3 is 2.32 bits per heavy atom. The van der Waals surface area contributed by atoms with Crippen LogP contribution in [0, 0.1) is 0 Å². The van der Waals surface area contributed by atoms with Gasteiger partial charge in [0.25, 0.3) is 0 Å². The van der Waals surface area contributed by atoms with Crippen LogP contribution in [0.25, 0.3) is 0 Å². The summed E-state index contributed by atoms with van der Waals surface area (Å²) < 4.78 is 11.4. The van der Waals surface area contributed by atoms with Gasteiger partial charge in [-0.15, -0.1) is 0 Å². The highest BCUT2D eigenvalue weighted by molar-refractivity contribution is 6.58. The number of benzene rings is 1. The van der Waals surface area contributed by atoms with Crippen molar-refractivity contribution in [1.82, 2.24) is 5.32 Å². The van der Waals surface area contributed by atoms with E-state index in [4.69, 9.17) is 9.47 Å². The SMILES string of the molecule is CC(C)(C)OC1OC1NC1(c2ccc(B(O)O)cc2)CCC1. The van der Waals surface area contributed by atoms with Gasteiger partial charge >= 0.3 is 7.12 Å². The Balaban J connectivity index is 1.66. The molecule has 6 heteroatoms. The first-order valence-corrected chi connectivity index (χ1v) is 7.87. The Labute approximate surface area is 131 Å². The maximum absolute atomic E-state index is 9.19. The molecule has 1 saturated carbocycles. The van der Waals surface area contributed by atoms with Crippen molar-refractivity contribution >= 4 is 12.6 Å². The topological polar surface area (TPSA) is 74.2 Å². The first kappa shape index (κ1) is 16.0. The van der Waals surface area contributed by atoms with Gasteiger partial charge in [0.15, 0.2) is 12.5 Å². The Morgan fingerprint density at radius 1 is 1.23 bits per heavy atom. The molecule has 1 aliphatic heterocycles. The van der Waals surface area contributed by atoms with Crippen LogP contribution in [0.15, 0.2) is 24.3 Å². The molecule has 1 saturated heterocycles. The van der Waals surface area contributed by atoms with Crippen LogP contribution in [-0.2, 0) is 15.0 Å². The van der Waals surface area contributed by atoms with Gasteiger partial charge in [-0.05, 0) is 51.1 Å². The third-order valence-electron chi connectivity index (χ3n) is 4.31. The zero-order chi connectivity index (χ0) is 16.0. The number of rotatable bonds is 5. The van der Waals surface area contributed by atoms with Crippen molar-refractivity contribution in [2.75, 3.05) is 0 Å². The van der Waals surface area contributed by atoms with Crippen molar-refractivity contribution in [2.24, 2.45) is 0 Å². The van der Waals surface area contributed by atoms with E-state index >= 15 is 0 Å². The van der Waals surface area contributed by atoms with Crippen LogP contribution in [0.1, 0.15) is 45.6 Å². The van der Waals surface area contributed by atoms with Crippen molar-refractivity contribution < 1.29 is 19.5 Å². The van der Waals surface area contributed by atoms with E-state index in [-0.39, 0.29) is 23.7 Å². The molecule has 2 unspecified atom stereocenters. The molecule has 5 nitrogen and oxygen atoms in total. The summed E-state index contributed by atoms with van der Waals surface area (Å²) >= 11 is 0. The molecule has 22 heavy (non-hydrogen) atoms. The lowest BCUT2D eigenvalue weighted by atomic mass is 9.70. The van der Waals surface area contributed by atoms with Gasteiger partial charge in [0, 0.05) is 5.54 Å². The summed E-state index contributed by atoms with van der Waals surface area (Å²) in [5.74, 6) is 0. The van der Waals surface area contributed by atoms with E-state index in [1.807, 2.05) is 32.9 Å². The largest absolute Gasteiger partial charge is 0.488 e. The zero-order valence-electron chi connectivity index (χ0n) is 13.4. The first-order valence-electron chi connectivity index (χ1n) is 7.87. The number of nitrogens with one attached hydrogen (secondary N) is 1. The minimum absolute atomic E-state index is 0.0670. The number of hydrogen-bond donors (Lipinski definition) is 3. The molecule has 2 fully saturated rings. The van der Waals surface area contributed by atoms with E-state index in [0.717, 1.165) is 18.4 Å². The molecule has 1 aromatic carbocycles. The Hall–Kier alpha value is -0.915. The molecule has 1 aromatic rings. The molecule has 3 N–H and O–H groups in total. The molecule has 0 radical (unpaired) electrons. The van der Waals surface area contributed by atoms with Crippen LogP contribution in [0.2, 0.25) is 0 Å². The van der Waals surface area contributed by atoms with Crippen LogP contribution in [0.3, 0.4) is 0 Å². The molecule has 0 bridgehead atoms. The molecule has 3 rings (SSSR count). The van der Waals surface area contributed by atoms with Crippen LogP contribution in [0.5, 0.6) is 0 Å². The average molecular weight is 305 g/mol. The van der Waals surface area contributed by atoms with Crippen molar-refractivity contribution in [3.63, 3.8) is 0 Å². The van der Waals surface area contributed by atoms with Gasteiger partial charge in [-0.2, -0.15) is 0 Å². The van der Waals surface area contributed by atoms with E-state index in [1.54, 1.807) is 12.1 Å². The van der Waals surface area contributed by atoms with Crippen molar-refractivity contribution in [1.29, 1.82) is 0 Å². The maximum atomic E-state index is 9.19. The van der Waals surface area contributed by atoms with Gasteiger partial charge in [0.05, 0.1) is 5.60 Å². The van der Waals surface area contributed by atoms with Gasteiger partial charge in [-0.3, -0.25) is 5.32 Å². The van der Waals surface area contributed by atoms with E-state index in [2.05, 4.69) is 5.32 Å². The number of hydrogen-bond acceptors (Lipinski definition) is 5. The average Bonchev–Trinajstić information content (AvgIpc) is 3.09. The lowest BCUT2D eigenvalue weighted by molar-refractivity contribution is -0.0573. The van der Waals surface area contributed by atoms with Crippen LogP contribution in [0.4, 0.5) is 0 Å². The van der Waals surface area contributed by atoms with Crippen LogP contribution < -0.4 is 10.8 Å². The lowest BCUT2D eigenvalue weighted by Gasteiger charge is -2.43. The van der Waals surface area contributed by atoms with Gasteiger partial charge in [0.2, 0.25) is 0 Å². The van der Waals surface area contributed by atoms with Crippen molar-refractivity contribution in [3.8, 4) is 0 Å². The predicted octanol–water partition coefficient (Wildman–Crippen LogP) is 0.833. The normalized spacial score (nSPS) is 26.4. The molecule has 0 aromatic heterocycles. The molecule has 1 aliphatic carbocycles. The third-order valence-corrected chi connectivity index (χ3v) is 4.31. The van der Waals surface area contributed by atoms with E-state index in [9.17, 15) is 10.0 Å². The molecular weight excluding hydrogens is 281 g/mol. The second kappa shape index (κ2) is 5.62. The molecule has 0 spiro atoms. The maximum Gasteiger partial charge on any atom is 0.488 e. The summed E-state index contributed by atoms with van der Waals surface area (Å²) in [4.78, 5) is 0. The lowest BCUT2D eigenvalue weighted by Crippen LogP contribution is -2.50. The fraction of sp³-hybridized carbons (Fsp3) is 0.625. The molecule has 2 atom stereocenters. The van der Waals surface area contributed by atoms with Gasteiger partial charge in [-0.25, -0.2) is 0 Å². The van der Waals surface area contributed by atoms with Crippen molar-refractivity contribution in [2.45, 2.75) is 63.7 Å². The fourth-order valence-corrected chi connectivity index (χ4v) is 2.93. The Bertz CT molecular complexity index is 522. The molecular formula is C16H24BNO4. The van der Waals surface area contributed by atoms with Crippen molar-refractivity contribution in [3.05, 3.63) is 29.8 Å². The summed E-state index contributed by atoms with van der Waals surface area (Å²) in [7, 11) is -1.42. The van der Waals surface area contributed by atoms with E-state index in [1.165, 1.54) is 6.42 Å². The molecule has 2 aliphatic rings. The molecule has 0 amide bonds. The Morgan fingerprint density at radius 2 is 1.86 bits per heavy atom. The first-order chi connectivity index (χ1) is 10.3. The predicted molar refractivity (Wildman–Crippen MR) is 84.4 cm³/mol. The van der Waals surface area contributed by atoms with E-state index in [0.29, 0.717) is 5.46 Å². The number of epoxide rings is 1. The summed E-state index contributed by atoms with van der Waals surface area (Å²) in [6, 6.07) is 7.45. The summed E-state index contributed by atoms with van der Waals surface area (Å²) in [5, 5.41) is 21.9. The monoisotopic (exact) mass is 305 g/mol. The second-order valence-corrected chi connectivity index (χ2v) is 7.23. The smallest absolute Gasteiger partial charge is 0.423 e. The van der Waals surface area contributed by atoms with Gasteiger partial charge in [0.1, 0.15) is 0 Å². The fourth-order valence-electron chi connectivity index (χ4n) is 2.93. The highest BCUT2D eigenvalue weighted by Gasteiger charge is 2.50. The number of ether oxygens (including phenoxy) is 2. The summed E-state index contributed by atoms with van der Waals surface area (Å²) in [6.45, 7) is 6.05.